The van der Waals surface area contributed by atoms with Crippen molar-refractivity contribution in [3.63, 3.8) is 0 Å². The molecule has 0 aromatic heterocycles. The summed E-state index contributed by atoms with van der Waals surface area (Å²) < 4.78 is 23.7. The first-order valence-corrected chi connectivity index (χ1v) is 11.0. The van der Waals surface area contributed by atoms with Crippen molar-refractivity contribution in [2.45, 2.75) is 70.9 Å². The van der Waals surface area contributed by atoms with Gasteiger partial charge in [0.1, 0.15) is 0 Å². The van der Waals surface area contributed by atoms with Gasteiger partial charge in [-0.25, -0.2) is 0 Å². The molecule has 0 bridgehead atoms. The topological polar surface area (TPSA) is 36.9 Å². The van der Waals surface area contributed by atoms with E-state index in [0.717, 1.165) is 24.2 Å². The fraction of sp³-hybridized carbons (Fsp3) is 0.826. The van der Waals surface area contributed by atoms with E-state index < -0.39 is 5.79 Å². The maximum absolute atomic E-state index is 6.11. The monoisotopic (exact) mass is 372 g/mol. The van der Waals surface area contributed by atoms with Crippen LogP contribution in [0.25, 0.3) is 0 Å². The van der Waals surface area contributed by atoms with Gasteiger partial charge < -0.3 is 18.9 Å². The molecule has 5 fully saturated rings. The van der Waals surface area contributed by atoms with E-state index in [0.29, 0.717) is 24.9 Å². The van der Waals surface area contributed by atoms with Gasteiger partial charge in [-0.15, -0.1) is 0 Å². The zero-order valence-corrected chi connectivity index (χ0v) is 16.6. The van der Waals surface area contributed by atoms with E-state index in [1.54, 1.807) is 5.57 Å². The highest BCUT2D eigenvalue weighted by Gasteiger charge is 2.68. The molecule has 0 amide bonds. The van der Waals surface area contributed by atoms with E-state index in [4.69, 9.17) is 18.9 Å². The maximum Gasteiger partial charge on any atom is 0.228 e. The molecule has 2 saturated heterocycles. The van der Waals surface area contributed by atoms with Crippen molar-refractivity contribution in [3.8, 4) is 0 Å². The maximum atomic E-state index is 6.11. The predicted molar refractivity (Wildman–Crippen MR) is 100 cm³/mol. The van der Waals surface area contributed by atoms with Crippen LogP contribution in [0.4, 0.5) is 0 Å². The summed E-state index contributed by atoms with van der Waals surface area (Å²) in [6.45, 7) is 5.62. The third-order valence-corrected chi connectivity index (χ3v) is 9.43. The summed E-state index contributed by atoms with van der Waals surface area (Å²) in [6.07, 6.45) is 15.9. The normalized spacial score (nSPS) is 56.2. The lowest BCUT2D eigenvalue weighted by atomic mass is 9.47. The van der Waals surface area contributed by atoms with Crippen LogP contribution in [0.2, 0.25) is 0 Å². The molecule has 0 N–H and O–H groups in total. The quantitative estimate of drug-likeness (QED) is 0.622. The van der Waals surface area contributed by atoms with Crippen LogP contribution in [0.3, 0.4) is 0 Å². The Labute approximate surface area is 162 Å². The standard InChI is InChI=1S/C23H32O4/c1-21-11-4-3-5-15(21)6-7-16-17-8-9-19(22(17,2)12-10-18(16)21)23-20(24-13-26-23)25-14-27-23/h4-5,11,16-20H,3,6-10,12-14H2,1-2H3/t16-,17-,18-,19-,20?,21-,22-,23?/m0/s1. The van der Waals surface area contributed by atoms with E-state index in [9.17, 15) is 0 Å². The van der Waals surface area contributed by atoms with Gasteiger partial charge >= 0.3 is 0 Å². The first-order chi connectivity index (χ1) is 13.1. The summed E-state index contributed by atoms with van der Waals surface area (Å²) in [4.78, 5) is 0. The molecule has 6 atom stereocenters. The lowest BCUT2D eigenvalue weighted by molar-refractivity contribution is -0.245. The van der Waals surface area contributed by atoms with E-state index >= 15 is 0 Å². The van der Waals surface area contributed by atoms with E-state index in [1.165, 1.54) is 38.5 Å². The number of hydrogen-bond acceptors (Lipinski definition) is 4. The van der Waals surface area contributed by atoms with Crippen LogP contribution in [0, 0.1) is 34.5 Å². The average molecular weight is 373 g/mol. The highest BCUT2D eigenvalue weighted by molar-refractivity contribution is 5.31. The SMILES string of the molecule is C[C@]12CC[C@H]3[C@@H](CCC4=CCC=C[C@@]43C)[C@@H]1CC[C@@H]2C12OCOC1OCO2. The van der Waals surface area contributed by atoms with Crippen LogP contribution in [0.1, 0.15) is 58.8 Å². The van der Waals surface area contributed by atoms with E-state index in [1.807, 2.05) is 0 Å². The minimum absolute atomic E-state index is 0.261. The van der Waals surface area contributed by atoms with Crippen LogP contribution in [-0.2, 0) is 18.9 Å². The van der Waals surface area contributed by atoms with Gasteiger partial charge in [-0.2, -0.15) is 0 Å². The van der Waals surface area contributed by atoms with Gasteiger partial charge in [0.2, 0.25) is 12.1 Å². The first kappa shape index (κ1) is 17.2. The molecule has 4 nitrogen and oxygen atoms in total. The summed E-state index contributed by atoms with van der Waals surface area (Å²) >= 11 is 0. The molecular weight excluding hydrogens is 340 g/mol. The smallest absolute Gasteiger partial charge is 0.228 e. The van der Waals surface area contributed by atoms with Crippen molar-refractivity contribution < 1.29 is 18.9 Å². The Balaban J connectivity index is 1.34. The molecule has 148 valence electrons. The van der Waals surface area contributed by atoms with Gasteiger partial charge in [0.25, 0.3) is 0 Å². The summed E-state index contributed by atoms with van der Waals surface area (Å²) in [5.41, 5.74) is 2.26. The van der Waals surface area contributed by atoms with Crippen LogP contribution in [-0.4, -0.2) is 25.7 Å². The fourth-order valence-corrected chi connectivity index (χ4v) is 8.20. The van der Waals surface area contributed by atoms with Gasteiger partial charge in [0.05, 0.1) is 0 Å². The molecule has 2 heterocycles. The minimum Gasteiger partial charge on any atom is -0.321 e. The Morgan fingerprint density at radius 3 is 2.59 bits per heavy atom. The fourth-order valence-electron chi connectivity index (χ4n) is 8.20. The second kappa shape index (κ2) is 5.69. The van der Waals surface area contributed by atoms with Crippen LogP contribution in [0.5, 0.6) is 0 Å². The second-order valence-corrected chi connectivity index (χ2v) is 10.2. The van der Waals surface area contributed by atoms with Crippen LogP contribution in [0.15, 0.2) is 23.8 Å². The van der Waals surface area contributed by atoms with Gasteiger partial charge in [-0.3, -0.25) is 0 Å². The van der Waals surface area contributed by atoms with Crippen LogP contribution >= 0.6 is 0 Å². The highest BCUT2D eigenvalue weighted by Crippen LogP contribution is 2.68. The third-order valence-electron chi connectivity index (χ3n) is 9.43. The Morgan fingerprint density at radius 2 is 1.78 bits per heavy atom. The molecule has 6 rings (SSSR count). The predicted octanol–water partition coefficient (Wildman–Crippen LogP) is 4.76. The lowest BCUT2D eigenvalue weighted by Crippen LogP contribution is -2.55. The van der Waals surface area contributed by atoms with Crippen molar-refractivity contribution in [2.24, 2.45) is 34.5 Å². The second-order valence-electron chi connectivity index (χ2n) is 10.2. The zero-order valence-electron chi connectivity index (χ0n) is 16.6. The first-order valence-electron chi connectivity index (χ1n) is 11.0. The Morgan fingerprint density at radius 1 is 0.963 bits per heavy atom. The van der Waals surface area contributed by atoms with Crippen molar-refractivity contribution in [1.29, 1.82) is 0 Å². The third kappa shape index (κ3) is 2.08. The number of ether oxygens (including phenoxy) is 4. The number of rotatable bonds is 1. The van der Waals surface area contributed by atoms with E-state index in [-0.39, 0.29) is 11.7 Å². The number of hydrogen-bond donors (Lipinski definition) is 0. The molecule has 4 heteroatoms. The van der Waals surface area contributed by atoms with Gasteiger partial charge in [0.15, 0.2) is 13.6 Å². The van der Waals surface area contributed by atoms with Gasteiger partial charge in [0, 0.05) is 11.3 Å². The Bertz CT molecular complexity index is 688. The van der Waals surface area contributed by atoms with Crippen molar-refractivity contribution in [2.75, 3.05) is 13.6 Å². The van der Waals surface area contributed by atoms with Crippen molar-refractivity contribution >= 4 is 0 Å². The largest absolute Gasteiger partial charge is 0.321 e. The van der Waals surface area contributed by atoms with Gasteiger partial charge in [-0.05, 0) is 68.1 Å². The molecule has 0 radical (unpaired) electrons. The summed E-state index contributed by atoms with van der Waals surface area (Å²) in [7, 11) is 0. The lowest BCUT2D eigenvalue weighted by Gasteiger charge is -2.58. The average Bonchev–Trinajstić information content (AvgIpc) is 3.32. The summed E-state index contributed by atoms with van der Waals surface area (Å²) in [5.74, 6) is 2.08. The zero-order chi connectivity index (χ0) is 18.3. The van der Waals surface area contributed by atoms with Crippen LogP contribution < -0.4 is 0 Å². The summed E-state index contributed by atoms with van der Waals surface area (Å²) in [6, 6.07) is 0. The van der Waals surface area contributed by atoms with Crippen molar-refractivity contribution in [1.82, 2.24) is 0 Å². The molecule has 6 aliphatic rings. The molecular formula is C23H32O4. The molecule has 0 aromatic carbocycles. The number of allylic oxidation sites excluding steroid dienone is 4. The van der Waals surface area contributed by atoms with E-state index in [2.05, 4.69) is 32.1 Å². The molecule has 0 unspecified atom stereocenters. The Kier molecular flexibility index (Phi) is 3.62. The number of fused-ring (bicyclic) bond motifs is 6. The molecule has 4 aliphatic carbocycles. The molecule has 27 heavy (non-hydrogen) atoms. The minimum atomic E-state index is -0.662. The summed E-state index contributed by atoms with van der Waals surface area (Å²) in [5, 5.41) is 0. The molecule has 3 saturated carbocycles. The molecule has 0 spiro atoms. The molecule has 0 aromatic rings. The van der Waals surface area contributed by atoms with Crippen molar-refractivity contribution in [3.05, 3.63) is 23.8 Å². The van der Waals surface area contributed by atoms with Gasteiger partial charge in [-0.1, -0.05) is 37.6 Å². The molecule has 2 aliphatic heterocycles. The highest BCUT2D eigenvalue weighted by atomic mass is 16.9. The Hall–Kier alpha value is -0.680.